The largest absolute Gasteiger partial charge is 0.276 e. The predicted molar refractivity (Wildman–Crippen MR) is 95.6 cm³/mol. The van der Waals surface area contributed by atoms with E-state index >= 15 is 0 Å². The smallest absolute Gasteiger partial charge is 0.272 e. The molecule has 0 aliphatic carbocycles. The Bertz CT molecular complexity index is 857. The maximum absolute atomic E-state index is 12.4. The molecule has 7 heteroatoms. The van der Waals surface area contributed by atoms with Gasteiger partial charge in [0.15, 0.2) is 0 Å². The number of hydrogen-bond acceptors (Lipinski definition) is 4. The molecule has 0 aliphatic heterocycles. The van der Waals surface area contributed by atoms with E-state index in [0.29, 0.717) is 5.71 Å². The fourth-order valence-corrected chi connectivity index (χ4v) is 3.09. The quantitative estimate of drug-likeness (QED) is 0.682. The van der Waals surface area contributed by atoms with Gasteiger partial charge in [0.2, 0.25) is 0 Å². The minimum atomic E-state index is -3.70. The second-order valence-corrected chi connectivity index (χ2v) is 8.49. The highest BCUT2D eigenvalue weighted by Crippen LogP contribution is 2.23. The molecule has 0 radical (unpaired) electrons. The van der Waals surface area contributed by atoms with Gasteiger partial charge in [0.25, 0.3) is 10.0 Å². The number of sulfonamides is 1. The summed E-state index contributed by atoms with van der Waals surface area (Å²) in [6, 6.07) is 6.86. The number of aryl methyl sites for hydroxylation is 1. The Morgan fingerprint density at radius 3 is 2.25 bits per heavy atom. The molecule has 1 aromatic carbocycles. The molecule has 24 heavy (non-hydrogen) atoms. The van der Waals surface area contributed by atoms with E-state index in [1.54, 1.807) is 29.9 Å². The van der Waals surface area contributed by atoms with E-state index in [9.17, 15) is 8.42 Å². The van der Waals surface area contributed by atoms with Crippen molar-refractivity contribution in [1.82, 2.24) is 14.6 Å². The van der Waals surface area contributed by atoms with Crippen LogP contribution in [0.15, 0.2) is 40.5 Å². The number of nitrogens with one attached hydrogen (secondary N) is 1. The van der Waals surface area contributed by atoms with E-state index < -0.39 is 10.0 Å². The summed E-state index contributed by atoms with van der Waals surface area (Å²) in [7, 11) is -1.87. The summed E-state index contributed by atoms with van der Waals surface area (Å²) in [6.45, 7) is 9.90. The van der Waals surface area contributed by atoms with E-state index in [4.69, 9.17) is 0 Å². The van der Waals surface area contributed by atoms with E-state index in [1.165, 1.54) is 0 Å². The number of rotatable bonds is 4. The highest BCUT2D eigenvalue weighted by molar-refractivity contribution is 7.89. The van der Waals surface area contributed by atoms with Crippen LogP contribution in [0.1, 0.15) is 44.5 Å². The first-order valence-electron chi connectivity index (χ1n) is 7.68. The maximum Gasteiger partial charge on any atom is 0.276 e. The molecule has 0 saturated carbocycles. The van der Waals surface area contributed by atoms with Gasteiger partial charge in [0.05, 0.1) is 16.8 Å². The minimum absolute atomic E-state index is 0.0255. The molecule has 0 atom stereocenters. The molecule has 0 fully saturated rings. The number of aromatic nitrogens is 2. The molecule has 0 amide bonds. The van der Waals surface area contributed by atoms with Gasteiger partial charge in [0.1, 0.15) is 0 Å². The third-order valence-corrected chi connectivity index (χ3v) is 5.21. The van der Waals surface area contributed by atoms with Gasteiger partial charge in [0, 0.05) is 18.3 Å². The number of benzene rings is 1. The van der Waals surface area contributed by atoms with Crippen LogP contribution in [0.25, 0.3) is 0 Å². The van der Waals surface area contributed by atoms with Crippen molar-refractivity contribution in [3.63, 3.8) is 0 Å². The van der Waals surface area contributed by atoms with Crippen LogP contribution in [0, 0.1) is 6.92 Å². The summed E-state index contributed by atoms with van der Waals surface area (Å²) in [4.78, 5) is 2.48. The highest BCUT2D eigenvalue weighted by atomic mass is 32.2. The van der Waals surface area contributed by atoms with Crippen LogP contribution >= 0.6 is 0 Å². The first kappa shape index (κ1) is 18.2. The Balaban J connectivity index is 2.22. The van der Waals surface area contributed by atoms with Crippen molar-refractivity contribution in [3.05, 3.63) is 47.3 Å². The Morgan fingerprint density at radius 2 is 1.79 bits per heavy atom. The van der Waals surface area contributed by atoms with E-state index in [2.05, 4.69) is 35.8 Å². The molecule has 0 saturated heterocycles. The van der Waals surface area contributed by atoms with Crippen molar-refractivity contribution in [2.24, 2.45) is 12.1 Å². The molecule has 1 heterocycles. The summed E-state index contributed by atoms with van der Waals surface area (Å²) < 4.78 is 26.5. The maximum atomic E-state index is 12.4. The van der Waals surface area contributed by atoms with Gasteiger partial charge in [-0.2, -0.15) is 23.4 Å². The summed E-state index contributed by atoms with van der Waals surface area (Å²) >= 11 is 0. The molecule has 0 spiro atoms. The van der Waals surface area contributed by atoms with Crippen LogP contribution in [0.2, 0.25) is 0 Å². The lowest BCUT2D eigenvalue weighted by Gasteiger charge is -2.19. The molecule has 0 aliphatic rings. The Hall–Kier alpha value is -2.15. The van der Waals surface area contributed by atoms with Crippen molar-refractivity contribution >= 4 is 15.7 Å². The SMILES string of the molecule is CC(=NNS(=O)(=O)c1ccc(C(C)(C)C)cc1)c1cnn(C)c1C. The van der Waals surface area contributed by atoms with Gasteiger partial charge in [-0.05, 0) is 37.0 Å². The average molecular weight is 348 g/mol. The Labute approximate surface area is 143 Å². The first-order valence-corrected chi connectivity index (χ1v) is 9.16. The van der Waals surface area contributed by atoms with Gasteiger partial charge in [-0.3, -0.25) is 4.68 Å². The molecule has 130 valence electrons. The molecule has 0 unspecified atom stereocenters. The van der Waals surface area contributed by atoms with Crippen molar-refractivity contribution in [2.75, 3.05) is 0 Å². The normalized spacial score (nSPS) is 13.2. The lowest BCUT2D eigenvalue weighted by Crippen LogP contribution is -2.20. The third kappa shape index (κ3) is 3.84. The lowest BCUT2D eigenvalue weighted by atomic mass is 9.87. The lowest BCUT2D eigenvalue weighted by molar-refractivity contribution is 0.580. The first-order chi connectivity index (χ1) is 11.0. The molecule has 2 rings (SSSR count). The number of hydrazone groups is 1. The molecule has 2 aromatic rings. The van der Waals surface area contributed by atoms with Crippen LogP contribution in [0.3, 0.4) is 0 Å². The van der Waals surface area contributed by atoms with Crippen LogP contribution in [0.5, 0.6) is 0 Å². The van der Waals surface area contributed by atoms with Crippen LogP contribution in [0.4, 0.5) is 0 Å². The second kappa shape index (κ2) is 6.39. The van der Waals surface area contributed by atoms with E-state index in [-0.39, 0.29) is 10.3 Å². The van der Waals surface area contributed by atoms with Gasteiger partial charge >= 0.3 is 0 Å². The van der Waals surface area contributed by atoms with Gasteiger partial charge in [-0.15, -0.1) is 0 Å². The molecule has 1 aromatic heterocycles. The molecule has 6 nitrogen and oxygen atoms in total. The monoisotopic (exact) mass is 348 g/mol. The third-order valence-electron chi connectivity index (χ3n) is 3.99. The van der Waals surface area contributed by atoms with Crippen LogP contribution in [-0.4, -0.2) is 23.9 Å². The molecular formula is C17H24N4O2S. The van der Waals surface area contributed by atoms with Gasteiger partial charge in [-0.1, -0.05) is 32.9 Å². The summed E-state index contributed by atoms with van der Waals surface area (Å²) in [5.41, 5.74) is 3.35. The van der Waals surface area contributed by atoms with Crippen molar-refractivity contribution in [3.8, 4) is 0 Å². The second-order valence-electron chi connectivity index (χ2n) is 6.83. The molecular weight excluding hydrogens is 324 g/mol. The summed E-state index contributed by atoms with van der Waals surface area (Å²) in [5.74, 6) is 0. The van der Waals surface area contributed by atoms with E-state index in [1.807, 2.05) is 26.1 Å². The number of nitrogens with zero attached hydrogens (tertiary/aromatic N) is 3. The van der Waals surface area contributed by atoms with Crippen molar-refractivity contribution in [2.45, 2.75) is 44.9 Å². The molecule has 1 N–H and O–H groups in total. The zero-order valence-corrected chi connectivity index (χ0v) is 15.8. The summed E-state index contributed by atoms with van der Waals surface area (Å²) in [6.07, 6.45) is 1.67. The average Bonchev–Trinajstić information content (AvgIpc) is 2.84. The predicted octanol–water partition coefficient (Wildman–Crippen LogP) is 2.73. The Morgan fingerprint density at radius 1 is 1.21 bits per heavy atom. The van der Waals surface area contributed by atoms with E-state index in [0.717, 1.165) is 16.8 Å². The standard InChI is InChI=1S/C17H24N4O2S/c1-12(16-11-18-21(6)13(16)2)19-20-24(22,23)15-9-7-14(8-10-15)17(3,4)5/h7-11,20H,1-6H3. The zero-order valence-electron chi connectivity index (χ0n) is 15.0. The van der Waals surface area contributed by atoms with Gasteiger partial charge < -0.3 is 0 Å². The summed E-state index contributed by atoms with van der Waals surface area (Å²) in [5, 5.41) is 8.14. The highest BCUT2D eigenvalue weighted by Gasteiger charge is 2.17. The molecule has 0 bridgehead atoms. The van der Waals surface area contributed by atoms with Crippen LogP contribution < -0.4 is 4.83 Å². The Kier molecular flexibility index (Phi) is 4.85. The minimum Gasteiger partial charge on any atom is -0.272 e. The van der Waals surface area contributed by atoms with Crippen LogP contribution in [-0.2, 0) is 22.5 Å². The fraction of sp³-hybridized carbons (Fsp3) is 0.412. The number of hydrogen-bond donors (Lipinski definition) is 1. The topological polar surface area (TPSA) is 76.3 Å². The fourth-order valence-electron chi connectivity index (χ4n) is 2.23. The van der Waals surface area contributed by atoms with Crippen molar-refractivity contribution in [1.29, 1.82) is 0 Å². The zero-order chi connectivity index (χ0) is 18.1. The van der Waals surface area contributed by atoms with Gasteiger partial charge in [-0.25, -0.2) is 0 Å². The van der Waals surface area contributed by atoms with Crippen molar-refractivity contribution < 1.29 is 8.42 Å².